The van der Waals surface area contributed by atoms with Crippen molar-refractivity contribution < 1.29 is 4.79 Å². The Hall–Kier alpha value is -2.03. The Labute approximate surface area is 113 Å². The van der Waals surface area contributed by atoms with Gasteiger partial charge in [0.25, 0.3) is 0 Å². The third-order valence-electron chi connectivity index (χ3n) is 3.65. The summed E-state index contributed by atoms with van der Waals surface area (Å²) in [5.74, 6) is 0.256. The van der Waals surface area contributed by atoms with Gasteiger partial charge in [-0.05, 0) is 42.7 Å². The Morgan fingerprint density at radius 3 is 2.26 bits per heavy atom. The minimum absolute atomic E-state index is 0.256. The molecule has 1 aliphatic rings. The van der Waals surface area contributed by atoms with E-state index in [0.717, 1.165) is 37.2 Å². The fourth-order valence-electron chi connectivity index (χ4n) is 2.55. The lowest BCUT2D eigenvalue weighted by Crippen LogP contribution is -2.29. The Kier molecular flexibility index (Phi) is 3.36. The van der Waals surface area contributed by atoms with E-state index in [1.54, 1.807) is 0 Å². The highest BCUT2D eigenvalue weighted by molar-refractivity contribution is 5.79. The first kappa shape index (κ1) is 12.0. The van der Waals surface area contributed by atoms with E-state index >= 15 is 0 Å². The molecule has 2 heterocycles. The van der Waals surface area contributed by atoms with E-state index in [1.165, 1.54) is 0 Å². The maximum atomic E-state index is 12.0. The van der Waals surface area contributed by atoms with E-state index < -0.39 is 0 Å². The van der Waals surface area contributed by atoms with Crippen molar-refractivity contribution in [3.63, 3.8) is 0 Å². The molecule has 1 aliphatic heterocycles. The number of carbonyl (C=O) groups is 1. The summed E-state index contributed by atoms with van der Waals surface area (Å²) >= 11 is 0. The van der Waals surface area contributed by atoms with Gasteiger partial charge in [-0.3, -0.25) is 4.79 Å². The summed E-state index contributed by atoms with van der Waals surface area (Å²) in [7, 11) is 0. The van der Waals surface area contributed by atoms with Gasteiger partial charge in [0.05, 0.1) is 6.42 Å². The van der Waals surface area contributed by atoms with E-state index in [-0.39, 0.29) is 5.91 Å². The monoisotopic (exact) mass is 254 g/mol. The zero-order chi connectivity index (χ0) is 13.1. The van der Waals surface area contributed by atoms with Gasteiger partial charge >= 0.3 is 0 Å². The van der Waals surface area contributed by atoms with Crippen LogP contribution < -0.4 is 0 Å². The van der Waals surface area contributed by atoms with Crippen LogP contribution in [-0.4, -0.2) is 28.5 Å². The molecule has 3 nitrogen and oxygen atoms in total. The normalized spacial score (nSPS) is 14.8. The van der Waals surface area contributed by atoms with Gasteiger partial charge in [-0.1, -0.05) is 12.1 Å². The summed E-state index contributed by atoms with van der Waals surface area (Å²) < 4.78 is 2.06. The van der Waals surface area contributed by atoms with Crippen LogP contribution in [0.2, 0.25) is 0 Å². The van der Waals surface area contributed by atoms with Crippen molar-refractivity contribution in [2.45, 2.75) is 19.3 Å². The summed E-state index contributed by atoms with van der Waals surface area (Å²) in [5.41, 5.74) is 2.22. The van der Waals surface area contributed by atoms with Crippen molar-refractivity contribution in [3.8, 4) is 5.69 Å². The molecule has 19 heavy (non-hydrogen) atoms. The number of aromatic nitrogens is 1. The van der Waals surface area contributed by atoms with Crippen LogP contribution in [0.1, 0.15) is 18.4 Å². The number of hydrogen-bond acceptors (Lipinski definition) is 1. The highest BCUT2D eigenvalue weighted by Crippen LogP contribution is 2.13. The van der Waals surface area contributed by atoms with Crippen LogP contribution in [0.5, 0.6) is 0 Å². The van der Waals surface area contributed by atoms with Crippen molar-refractivity contribution in [1.29, 1.82) is 0 Å². The molecule has 1 amide bonds. The van der Waals surface area contributed by atoms with Gasteiger partial charge in [0.2, 0.25) is 5.91 Å². The Morgan fingerprint density at radius 1 is 1.00 bits per heavy atom. The summed E-state index contributed by atoms with van der Waals surface area (Å²) in [6.45, 7) is 1.86. The fourth-order valence-corrected chi connectivity index (χ4v) is 2.55. The van der Waals surface area contributed by atoms with Gasteiger partial charge in [0.15, 0.2) is 0 Å². The highest BCUT2D eigenvalue weighted by Gasteiger charge is 2.17. The first-order valence-electron chi connectivity index (χ1n) is 6.83. The lowest BCUT2D eigenvalue weighted by molar-refractivity contribution is -0.129. The Balaban J connectivity index is 1.67. The predicted molar refractivity (Wildman–Crippen MR) is 75.3 cm³/mol. The molecule has 0 atom stereocenters. The van der Waals surface area contributed by atoms with Crippen LogP contribution in [0, 0.1) is 0 Å². The molecule has 3 heteroatoms. The number of hydrogen-bond donors (Lipinski definition) is 0. The van der Waals surface area contributed by atoms with Gasteiger partial charge in [0.1, 0.15) is 0 Å². The number of carbonyl (C=O) groups excluding carboxylic acids is 1. The van der Waals surface area contributed by atoms with Gasteiger partial charge < -0.3 is 9.47 Å². The molecule has 1 aromatic heterocycles. The van der Waals surface area contributed by atoms with Crippen LogP contribution in [-0.2, 0) is 11.2 Å². The average molecular weight is 254 g/mol. The number of rotatable bonds is 3. The first-order valence-corrected chi connectivity index (χ1v) is 6.83. The highest BCUT2D eigenvalue weighted by atomic mass is 16.2. The molecular formula is C16H18N2O. The summed E-state index contributed by atoms with van der Waals surface area (Å²) in [5, 5.41) is 0. The molecule has 0 aliphatic carbocycles. The summed E-state index contributed by atoms with van der Waals surface area (Å²) in [6, 6.07) is 12.2. The van der Waals surface area contributed by atoms with Crippen molar-refractivity contribution in [2.24, 2.45) is 0 Å². The van der Waals surface area contributed by atoms with Crippen molar-refractivity contribution >= 4 is 5.91 Å². The summed E-state index contributed by atoms with van der Waals surface area (Å²) in [6.07, 6.45) is 6.86. The van der Waals surface area contributed by atoms with Gasteiger partial charge in [-0.25, -0.2) is 0 Å². The molecule has 0 unspecified atom stereocenters. The van der Waals surface area contributed by atoms with E-state index in [2.05, 4.69) is 16.7 Å². The smallest absolute Gasteiger partial charge is 0.226 e. The second-order valence-electron chi connectivity index (χ2n) is 5.02. The molecule has 1 saturated heterocycles. The molecule has 0 saturated carbocycles. The van der Waals surface area contributed by atoms with Crippen LogP contribution in [0.15, 0.2) is 48.8 Å². The van der Waals surface area contributed by atoms with Crippen LogP contribution >= 0.6 is 0 Å². The zero-order valence-electron chi connectivity index (χ0n) is 11.0. The van der Waals surface area contributed by atoms with Gasteiger partial charge in [-0.2, -0.15) is 0 Å². The molecular weight excluding hydrogens is 236 g/mol. The average Bonchev–Trinajstić information content (AvgIpc) is 3.13. The largest absolute Gasteiger partial charge is 0.342 e. The molecule has 1 fully saturated rings. The quantitative estimate of drug-likeness (QED) is 0.826. The number of amides is 1. The number of nitrogens with zero attached hydrogens (tertiary/aromatic N) is 2. The maximum absolute atomic E-state index is 12.0. The fraction of sp³-hybridized carbons (Fsp3) is 0.312. The molecule has 1 aromatic carbocycles. The molecule has 3 rings (SSSR count). The van der Waals surface area contributed by atoms with Crippen molar-refractivity contribution in [1.82, 2.24) is 9.47 Å². The van der Waals surface area contributed by atoms with Crippen LogP contribution in [0.3, 0.4) is 0 Å². The summed E-state index contributed by atoms with van der Waals surface area (Å²) in [4.78, 5) is 14.0. The minimum atomic E-state index is 0.256. The Bertz CT molecular complexity index is 537. The first-order chi connectivity index (χ1) is 9.33. The third-order valence-corrected chi connectivity index (χ3v) is 3.65. The number of benzene rings is 1. The third kappa shape index (κ3) is 2.70. The van der Waals surface area contributed by atoms with Crippen LogP contribution in [0.4, 0.5) is 0 Å². The van der Waals surface area contributed by atoms with Gasteiger partial charge in [-0.15, -0.1) is 0 Å². The Morgan fingerprint density at radius 2 is 1.63 bits per heavy atom. The molecule has 0 N–H and O–H groups in total. The molecule has 0 spiro atoms. The second-order valence-corrected chi connectivity index (χ2v) is 5.02. The minimum Gasteiger partial charge on any atom is -0.342 e. The van der Waals surface area contributed by atoms with Crippen molar-refractivity contribution in [2.75, 3.05) is 13.1 Å². The SMILES string of the molecule is O=C(Cc1ccc(-n2cccc2)cc1)N1CCCC1. The standard InChI is InChI=1S/C16H18N2O/c19-16(18-11-3-4-12-18)13-14-5-7-15(8-6-14)17-9-1-2-10-17/h1-2,5-10H,3-4,11-13H2. The van der Waals surface area contributed by atoms with E-state index in [1.807, 2.05) is 41.6 Å². The topological polar surface area (TPSA) is 25.2 Å². The van der Waals surface area contributed by atoms with E-state index in [9.17, 15) is 4.79 Å². The van der Waals surface area contributed by atoms with Gasteiger partial charge in [0, 0.05) is 31.2 Å². The molecule has 0 radical (unpaired) electrons. The predicted octanol–water partition coefficient (Wildman–Crippen LogP) is 2.64. The molecule has 2 aromatic rings. The molecule has 98 valence electrons. The zero-order valence-corrected chi connectivity index (χ0v) is 11.0. The molecule has 0 bridgehead atoms. The second kappa shape index (κ2) is 5.31. The van der Waals surface area contributed by atoms with E-state index in [4.69, 9.17) is 0 Å². The number of likely N-dealkylation sites (tertiary alicyclic amines) is 1. The maximum Gasteiger partial charge on any atom is 0.226 e. The lowest BCUT2D eigenvalue weighted by Gasteiger charge is -2.15. The van der Waals surface area contributed by atoms with Crippen molar-refractivity contribution in [3.05, 3.63) is 54.4 Å². The lowest BCUT2D eigenvalue weighted by atomic mass is 10.1. The van der Waals surface area contributed by atoms with Crippen LogP contribution in [0.25, 0.3) is 5.69 Å². The van der Waals surface area contributed by atoms with E-state index in [0.29, 0.717) is 6.42 Å².